The summed E-state index contributed by atoms with van der Waals surface area (Å²) in [4.78, 5) is 21.8. The van der Waals surface area contributed by atoms with E-state index in [1.54, 1.807) is 13.2 Å². The van der Waals surface area contributed by atoms with Crippen molar-refractivity contribution >= 4 is 35.5 Å². The lowest BCUT2D eigenvalue weighted by Gasteiger charge is -2.04. The molecule has 0 fully saturated rings. The van der Waals surface area contributed by atoms with Gasteiger partial charge in [0.2, 0.25) is 6.29 Å². The topological polar surface area (TPSA) is 43.4 Å². The van der Waals surface area contributed by atoms with E-state index in [0.29, 0.717) is 0 Å². The first-order valence-corrected chi connectivity index (χ1v) is 4.90. The van der Waals surface area contributed by atoms with Crippen LogP contribution in [0.15, 0.2) is 12.1 Å². The van der Waals surface area contributed by atoms with Crippen LogP contribution in [0.2, 0.25) is 10.0 Å². The first kappa shape index (κ1) is 12.0. The van der Waals surface area contributed by atoms with Crippen molar-refractivity contribution in [2.45, 2.75) is 6.92 Å². The molecule has 0 bridgehead atoms. The quantitative estimate of drug-likeness (QED) is 0.770. The third-order valence-electron chi connectivity index (χ3n) is 1.66. The molecule has 0 heterocycles. The third kappa shape index (κ3) is 2.70. The molecule has 0 spiro atoms. The lowest BCUT2D eigenvalue weighted by atomic mass is 10.1. The van der Waals surface area contributed by atoms with Gasteiger partial charge in [-0.15, -0.1) is 0 Å². The molecule has 1 aromatic rings. The molecule has 1 radical (unpaired) electrons. The SMILES string of the molecule is CCOC(=O)c1cc(Cl)c([C]=O)c(Cl)c1. The number of hydrogen-bond donors (Lipinski definition) is 0. The minimum atomic E-state index is -0.529. The van der Waals surface area contributed by atoms with Gasteiger partial charge >= 0.3 is 5.97 Å². The Kier molecular flexibility index (Phi) is 4.12. The van der Waals surface area contributed by atoms with Gasteiger partial charge in [-0.2, -0.15) is 0 Å². The standard InChI is InChI=1S/C10H7Cl2O3/c1-2-15-10(14)6-3-8(11)7(5-13)9(12)4-6/h3-4H,2H2,1H3. The number of rotatable bonds is 3. The second-order valence-electron chi connectivity index (χ2n) is 2.64. The molecular formula is C10H7Cl2O3. The zero-order chi connectivity index (χ0) is 11.4. The summed E-state index contributed by atoms with van der Waals surface area (Å²) in [5.74, 6) is -0.529. The van der Waals surface area contributed by atoms with Crippen molar-refractivity contribution in [3.8, 4) is 0 Å². The summed E-state index contributed by atoms with van der Waals surface area (Å²) in [6.45, 7) is 1.95. The highest BCUT2D eigenvalue weighted by atomic mass is 35.5. The maximum atomic E-state index is 11.3. The van der Waals surface area contributed by atoms with E-state index in [4.69, 9.17) is 27.9 Å². The van der Waals surface area contributed by atoms with Crippen LogP contribution in [0.1, 0.15) is 22.8 Å². The fourth-order valence-corrected chi connectivity index (χ4v) is 1.57. The summed E-state index contributed by atoms with van der Waals surface area (Å²) in [5, 5.41) is 0.168. The highest BCUT2D eigenvalue weighted by Gasteiger charge is 2.13. The number of halogens is 2. The van der Waals surface area contributed by atoms with Gasteiger partial charge in [0.15, 0.2) is 0 Å². The fraction of sp³-hybridized carbons (Fsp3) is 0.200. The monoisotopic (exact) mass is 245 g/mol. The second kappa shape index (κ2) is 5.14. The van der Waals surface area contributed by atoms with Crippen molar-refractivity contribution in [1.29, 1.82) is 0 Å². The van der Waals surface area contributed by atoms with Crippen molar-refractivity contribution in [3.05, 3.63) is 33.3 Å². The first-order valence-electron chi connectivity index (χ1n) is 4.14. The average molecular weight is 246 g/mol. The van der Waals surface area contributed by atoms with E-state index in [9.17, 15) is 9.59 Å². The van der Waals surface area contributed by atoms with Crippen LogP contribution in [0, 0.1) is 0 Å². The maximum absolute atomic E-state index is 11.3. The largest absolute Gasteiger partial charge is 0.462 e. The molecule has 1 aromatic carbocycles. The zero-order valence-electron chi connectivity index (χ0n) is 7.84. The van der Waals surface area contributed by atoms with Crippen molar-refractivity contribution in [2.24, 2.45) is 0 Å². The molecule has 0 N–H and O–H groups in total. The molecule has 0 saturated carbocycles. The summed E-state index contributed by atoms with van der Waals surface area (Å²) in [5.41, 5.74) is 0.261. The minimum Gasteiger partial charge on any atom is -0.462 e. The molecule has 0 atom stereocenters. The van der Waals surface area contributed by atoms with Crippen LogP contribution in [0.4, 0.5) is 0 Å². The molecule has 0 aromatic heterocycles. The van der Waals surface area contributed by atoms with Crippen LogP contribution in [0.3, 0.4) is 0 Å². The van der Waals surface area contributed by atoms with Crippen molar-refractivity contribution in [1.82, 2.24) is 0 Å². The first-order chi connectivity index (χ1) is 7.10. The molecule has 0 amide bonds. The summed E-state index contributed by atoms with van der Waals surface area (Å²) in [6, 6.07) is 2.65. The Hall–Kier alpha value is -1.06. The molecule has 5 heteroatoms. The van der Waals surface area contributed by atoms with Gasteiger partial charge in [-0.25, -0.2) is 4.79 Å². The van der Waals surface area contributed by atoms with Gasteiger partial charge in [0.05, 0.1) is 27.8 Å². The van der Waals surface area contributed by atoms with Gasteiger partial charge in [-0.05, 0) is 19.1 Å². The van der Waals surface area contributed by atoms with Crippen LogP contribution < -0.4 is 0 Å². The van der Waals surface area contributed by atoms with Crippen LogP contribution in [-0.2, 0) is 9.53 Å². The molecule has 0 aliphatic rings. The number of esters is 1. The number of carbonyl (C=O) groups excluding carboxylic acids is 2. The van der Waals surface area contributed by atoms with Crippen molar-refractivity contribution in [2.75, 3.05) is 6.61 Å². The molecule has 1 rings (SSSR count). The smallest absolute Gasteiger partial charge is 0.338 e. The molecule has 0 saturated heterocycles. The molecular weight excluding hydrogens is 239 g/mol. The molecule has 0 aliphatic carbocycles. The normalized spacial score (nSPS) is 9.80. The average Bonchev–Trinajstić information content (AvgIpc) is 2.17. The summed E-state index contributed by atoms with van der Waals surface area (Å²) >= 11 is 11.4. The Bertz CT molecular complexity index is 379. The van der Waals surface area contributed by atoms with Gasteiger partial charge < -0.3 is 4.74 Å². The Morgan fingerprint density at radius 1 is 1.40 bits per heavy atom. The van der Waals surface area contributed by atoms with E-state index >= 15 is 0 Å². The molecule has 3 nitrogen and oxygen atoms in total. The Morgan fingerprint density at radius 2 is 1.93 bits per heavy atom. The minimum absolute atomic E-state index is 0.0476. The number of ether oxygens (including phenoxy) is 1. The maximum Gasteiger partial charge on any atom is 0.338 e. The van der Waals surface area contributed by atoms with E-state index in [-0.39, 0.29) is 27.8 Å². The van der Waals surface area contributed by atoms with E-state index in [0.717, 1.165) is 0 Å². The van der Waals surface area contributed by atoms with Crippen LogP contribution >= 0.6 is 23.2 Å². The lowest BCUT2D eigenvalue weighted by Crippen LogP contribution is -2.05. The predicted octanol–water partition coefficient (Wildman–Crippen LogP) is 2.63. The highest BCUT2D eigenvalue weighted by Crippen LogP contribution is 2.25. The zero-order valence-corrected chi connectivity index (χ0v) is 9.35. The predicted molar refractivity (Wildman–Crippen MR) is 57.2 cm³/mol. The fourth-order valence-electron chi connectivity index (χ4n) is 1.00. The number of carbonyl (C=O) groups is 1. The van der Waals surface area contributed by atoms with Crippen LogP contribution in [0.25, 0.3) is 0 Å². The van der Waals surface area contributed by atoms with Crippen molar-refractivity contribution in [3.63, 3.8) is 0 Å². The highest BCUT2D eigenvalue weighted by molar-refractivity contribution is 6.39. The molecule has 79 valence electrons. The Labute approximate surface area is 96.9 Å². The number of hydrogen-bond acceptors (Lipinski definition) is 3. The molecule has 15 heavy (non-hydrogen) atoms. The van der Waals surface area contributed by atoms with E-state index in [1.165, 1.54) is 12.1 Å². The van der Waals surface area contributed by atoms with Crippen LogP contribution in [0.5, 0.6) is 0 Å². The lowest BCUT2D eigenvalue weighted by molar-refractivity contribution is 0.0526. The van der Waals surface area contributed by atoms with E-state index in [2.05, 4.69) is 0 Å². The number of benzene rings is 1. The van der Waals surface area contributed by atoms with Gasteiger partial charge in [0.1, 0.15) is 0 Å². The molecule has 0 aliphatic heterocycles. The summed E-state index contributed by atoms with van der Waals surface area (Å²) < 4.78 is 4.76. The van der Waals surface area contributed by atoms with Gasteiger partial charge in [-0.3, -0.25) is 4.79 Å². The van der Waals surface area contributed by atoms with Gasteiger partial charge in [0.25, 0.3) is 0 Å². The van der Waals surface area contributed by atoms with E-state index in [1.807, 2.05) is 0 Å². The van der Waals surface area contributed by atoms with Crippen molar-refractivity contribution < 1.29 is 14.3 Å². The summed E-state index contributed by atoms with van der Waals surface area (Å²) in [7, 11) is 0. The van der Waals surface area contributed by atoms with Gasteiger partial charge in [-0.1, -0.05) is 23.2 Å². The van der Waals surface area contributed by atoms with Crippen LogP contribution in [-0.4, -0.2) is 18.9 Å². The third-order valence-corrected chi connectivity index (χ3v) is 2.25. The van der Waals surface area contributed by atoms with E-state index < -0.39 is 5.97 Å². The van der Waals surface area contributed by atoms with Gasteiger partial charge in [0, 0.05) is 0 Å². The Morgan fingerprint density at radius 3 is 2.33 bits per heavy atom. The second-order valence-corrected chi connectivity index (χ2v) is 3.45. The Balaban J connectivity index is 3.13. The molecule has 0 unspecified atom stereocenters. The summed E-state index contributed by atoms with van der Waals surface area (Å²) in [6.07, 6.45) is 1.60.